The van der Waals surface area contributed by atoms with Crippen LogP contribution >= 0.6 is 0 Å². The third-order valence-corrected chi connectivity index (χ3v) is 3.12. The summed E-state index contributed by atoms with van der Waals surface area (Å²) in [6.07, 6.45) is 0.177. The lowest BCUT2D eigenvalue weighted by Gasteiger charge is -2.13. The Morgan fingerprint density at radius 3 is 2.33 bits per heavy atom. The number of fused-ring (bicyclic) bond motifs is 1. The van der Waals surface area contributed by atoms with Gasteiger partial charge in [0, 0.05) is 0 Å². The molecular weight excluding hydrogens is 303 g/mol. The lowest BCUT2D eigenvalue weighted by atomic mass is 9.92. The second-order valence-electron chi connectivity index (χ2n) is 6.41. The van der Waals surface area contributed by atoms with Gasteiger partial charge in [-0.1, -0.05) is 63.2 Å². The SMILES string of the molecule is CC(C)C.N[C@@H](Cc1cccc2ccccc12)C(=O)NCB(O)O. The van der Waals surface area contributed by atoms with Crippen molar-refractivity contribution in [3.05, 3.63) is 48.0 Å². The van der Waals surface area contributed by atoms with E-state index in [0.717, 1.165) is 22.3 Å². The van der Waals surface area contributed by atoms with E-state index in [1.165, 1.54) is 0 Å². The molecule has 0 saturated carbocycles. The normalized spacial score (nSPS) is 11.6. The fourth-order valence-corrected chi connectivity index (χ4v) is 2.12. The Morgan fingerprint density at radius 2 is 1.71 bits per heavy atom. The van der Waals surface area contributed by atoms with E-state index in [-0.39, 0.29) is 6.44 Å². The van der Waals surface area contributed by atoms with Gasteiger partial charge in [0.25, 0.3) is 0 Å². The highest BCUT2D eigenvalue weighted by Gasteiger charge is 2.17. The van der Waals surface area contributed by atoms with Crippen LogP contribution in [0.5, 0.6) is 0 Å². The summed E-state index contributed by atoms with van der Waals surface area (Å²) in [4.78, 5) is 11.7. The lowest BCUT2D eigenvalue weighted by molar-refractivity contribution is -0.122. The second-order valence-corrected chi connectivity index (χ2v) is 6.41. The first-order chi connectivity index (χ1) is 11.3. The summed E-state index contributed by atoms with van der Waals surface area (Å²) < 4.78 is 0. The molecule has 6 heteroatoms. The summed E-state index contributed by atoms with van der Waals surface area (Å²) in [7, 11) is -1.57. The minimum atomic E-state index is -1.57. The molecule has 2 aromatic rings. The molecule has 2 aromatic carbocycles. The number of amides is 1. The molecule has 0 saturated heterocycles. The molecule has 0 bridgehead atoms. The van der Waals surface area contributed by atoms with Crippen LogP contribution in [0.4, 0.5) is 0 Å². The van der Waals surface area contributed by atoms with E-state index in [1.54, 1.807) is 0 Å². The molecule has 0 aliphatic rings. The largest absolute Gasteiger partial charge is 0.472 e. The maximum absolute atomic E-state index is 11.7. The molecule has 24 heavy (non-hydrogen) atoms. The lowest BCUT2D eigenvalue weighted by Crippen LogP contribution is -2.45. The summed E-state index contributed by atoms with van der Waals surface area (Å²) in [6, 6.07) is 13.1. The fraction of sp³-hybridized carbons (Fsp3) is 0.389. The summed E-state index contributed by atoms with van der Waals surface area (Å²) >= 11 is 0. The fourth-order valence-electron chi connectivity index (χ4n) is 2.12. The molecule has 1 amide bonds. The number of carbonyl (C=O) groups excluding carboxylic acids is 1. The van der Waals surface area contributed by atoms with Gasteiger partial charge in [-0.2, -0.15) is 0 Å². The van der Waals surface area contributed by atoms with Gasteiger partial charge >= 0.3 is 7.12 Å². The van der Waals surface area contributed by atoms with Crippen LogP contribution in [0.25, 0.3) is 10.8 Å². The van der Waals surface area contributed by atoms with Crippen molar-refractivity contribution in [2.75, 3.05) is 6.44 Å². The van der Waals surface area contributed by atoms with Crippen molar-refractivity contribution in [1.29, 1.82) is 0 Å². The number of hydrogen-bond donors (Lipinski definition) is 4. The monoisotopic (exact) mass is 330 g/mol. The first-order valence-corrected chi connectivity index (χ1v) is 8.17. The average molecular weight is 330 g/mol. The molecule has 5 nitrogen and oxygen atoms in total. The molecule has 0 fully saturated rings. The number of nitrogens with two attached hydrogens (primary N) is 1. The molecule has 1 atom stereocenters. The standard InChI is InChI=1S/C14H17BN2O3.C4H10/c16-13(14(18)17-9-15(19)20)8-11-6-3-5-10-4-1-2-7-12(10)11;1-4(2)3/h1-7,13,19-20H,8-9,16H2,(H,17,18);4H,1-3H3/t13-;/m0./s1. The van der Waals surface area contributed by atoms with Crippen LogP contribution in [0.15, 0.2) is 42.5 Å². The number of nitrogens with one attached hydrogen (secondary N) is 1. The molecule has 0 unspecified atom stereocenters. The Hall–Kier alpha value is -1.89. The summed E-state index contributed by atoms with van der Waals surface area (Å²) in [5.74, 6) is 0.436. The molecule has 0 spiro atoms. The Morgan fingerprint density at radius 1 is 1.12 bits per heavy atom. The zero-order valence-corrected chi connectivity index (χ0v) is 14.6. The number of carbonyl (C=O) groups is 1. The van der Waals surface area contributed by atoms with Gasteiger partial charge in [-0.25, -0.2) is 0 Å². The van der Waals surface area contributed by atoms with Gasteiger partial charge in [0.15, 0.2) is 0 Å². The van der Waals surface area contributed by atoms with Gasteiger partial charge in [-0.05, 0) is 28.7 Å². The van der Waals surface area contributed by atoms with Gasteiger partial charge < -0.3 is 21.1 Å². The van der Waals surface area contributed by atoms with Crippen LogP contribution in [0, 0.1) is 5.92 Å². The summed E-state index contributed by atoms with van der Waals surface area (Å²) in [6.45, 7) is 6.50. The van der Waals surface area contributed by atoms with Gasteiger partial charge in [-0.15, -0.1) is 0 Å². The van der Waals surface area contributed by atoms with E-state index in [1.807, 2.05) is 42.5 Å². The van der Waals surface area contributed by atoms with Crippen molar-refractivity contribution in [1.82, 2.24) is 5.32 Å². The Kier molecular flexibility index (Phi) is 8.47. The van der Waals surface area contributed by atoms with E-state index >= 15 is 0 Å². The van der Waals surface area contributed by atoms with E-state index in [0.29, 0.717) is 6.42 Å². The predicted octanol–water partition coefficient (Wildman–Crippen LogP) is 1.50. The molecule has 0 heterocycles. The molecule has 0 aromatic heterocycles. The maximum atomic E-state index is 11.7. The van der Waals surface area contributed by atoms with E-state index in [9.17, 15) is 4.79 Å². The third-order valence-electron chi connectivity index (χ3n) is 3.12. The zero-order chi connectivity index (χ0) is 18.1. The highest BCUT2D eigenvalue weighted by Crippen LogP contribution is 2.19. The Bertz CT molecular complexity index is 639. The van der Waals surface area contributed by atoms with Crippen LogP contribution in [0.3, 0.4) is 0 Å². The maximum Gasteiger partial charge on any atom is 0.472 e. The van der Waals surface area contributed by atoms with E-state index < -0.39 is 19.1 Å². The van der Waals surface area contributed by atoms with Crippen molar-refractivity contribution >= 4 is 23.8 Å². The van der Waals surface area contributed by atoms with Crippen LogP contribution in [0.1, 0.15) is 26.3 Å². The van der Waals surface area contributed by atoms with Crippen molar-refractivity contribution in [3.8, 4) is 0 Å². The van der Waals surface area contributed by atoms with Crippen LogP contribution in [0.2, 0.25) is 0 Å². The number of benzene rings is 2. The number of hydrogen-bond acceptors (Lipinski definition) is 4. The summed E-state index contributed by atoms with van der Waals surface area (Å²) in [5, 5.41) is 22.0. The molecule has 5 N–H and O–H groups in total. The quantitative estimate of drug-likeness (QED) is 0.625. The van der Waals surface area contributed by atoms with E-state index in [2.05, 4.69) is 26.1 Å². The smallest absolute Gasteiger partial charge is 0.426 e. The van der Waals surface area contributed by atoms with Gasteiger partial charge in [0.1, 0.15) is 0 Å². The van der Waals surface area contributed by atoms with Gasteiger partial charge in [0.2, 0.25) is 5.91 Å². The molecule has 2 rings (SSSR count). The summed E-state index contributed by atoms with van der Waals surface area (Å²) in [5.41, 5.74) is 6.85. The molecule has 0 radical (unpaired) electrons. The van der Waals surface area contributed by atoms with Gasteiger partial charge in [0.05, 0.1) is 12.5 Å². The van der Waals surface area contributed by atoms with Crippen molar-refractivity contribution in [2.45, 2.75) is 33.2 Å². The van der Waals surface area contributed by atoms with Crippen LogP contribution in [-0.2, 0) is 11.2 Å². The highest BCUT2D eigenvalue weighted by atomic mass is 16.4. The zero-order valence-electron chi connectivity index (χ0n) is 14.6. The predicted molar refractivity (Wildman–Crippen MR) is 99.3 cm³/mol. The second kappa shape index (κ2) is 10.1. The Balaban J connectivity index is 0.000000648. The average Bonchev–Trinajstić information content (AvgIpc) is 2.52. The van der Waals surface area contributed by atoms with Crippen LogP contribution in [-0.4, -0.2) is 35.6 Å². The topological polar surface area (TPSA) is 95.6 Å². The minimum absolute atomic E-state index is 0.220. The van der Waals surface area contributed by atoms with Gasteiger partial charge in [-0.3, -0.25) is 4.79 Å². The molecule has 0 aliphatic heterocycles. The first-order valence-electron chi connectivity index (χ1n) is 8.17. The van der Waals surface area contributed by atoms with Crippen molar-refractivity contribution in [2.24, 2.45) is 11.7 Å². The van der Waals surface area contributed by atoms with Crippen LogP contribution < -0.4 is 11.1 Å². The minimum Gasteiger partial charge on any atom is -0.426 e. The Labute approximate surface area is 144 Å². The van der Waals surface area contributed by atoms with Crippen molar-refractivity contribution in [3.63, 3.8) is 0 Å². The molecule has 130 valence electrons. The first kappa shape index (κ1) is 20.2. The highest BCUT2D eigenvalue weighted by molar-refractivity contribution is 6.41. The van der Waals surface area contributed by atoms with Crippen molar-refractivity contribution < 1.29 is 14.8 Å². The number of rotatable bonds is 5. The molecular formula is C18H27BN2O3. The third kappa shape index (κ3) is 7.13. The molecule has 0 aliphatic carbocycles. The van der Waals surface area contributed by atoms with E-state index in [4.69, 9.17) is 15.8 Å².